The monoisotopic (exact) mass is 383 g/mol. The number of nitrogens with zero attached hydrogens (tertiary/aromatic N) is 3. The van der Waals surface area contributed by atoms with E-state index in [-0.39, 0.29) is 25.0 Å². The predicted molar refractivity (Wildman–Crippen MR) is 101 cm³/mol. The first-order valence-corrected chi connectivity index (χ1v) is 10.1. The normalized spacial score (nSPS) is 25.3. The first-order chi connectivity index (χ1) is 13.6. The zero-order valence-electron chi connectivity index (χ0n) is 15.9. The van der Waals surface area contributed by atoms with Crippen LogP contribution in [0.3, 0.4) is 0 Å². The van der Waals surface area contributed by atoms with Gasteiger partial charge in [0.15, 0.2) is 0 Å². The Morgan fingerprint density at radius 1 is 0.893 bits per heavy atom. The van der Waals surface area contributed by atoms with Gasteiger partial charge < -0.3 is 4.90 Å². The molecule has 2 aliphatic heterocycles. The molecule has 0 aromatic heterocycles. The lowest BCUT2D eigenvalue weighted by Crippen LogP contribution is -2.53. The summed E-state index contributed by atoms with van der Waals surface area (Å²) in [6.45, 7) is 0.346. The van der Waals surface area contributed by atoms with E-state index in [1.807, 2.05) is 11.0 Å². The molecule has 0 N–H and O–H groups in total. The molecule has 4 rings (SSSR count). The molecule has 0 radical (unpaired) electrons. The van der Waals surface area contributed by atoms with Crippen LogP contribution in [0.5, 0.6) is 0 Å². The van der Waals surface area contributed by atoms with Gasteiger partial charge in [0.25, 0.3) is 0 Å². The second-order valence-electron chi connectivity index (χ2n) is 7.89. The van der Waals surface area contributed by atoms with Crippen molar-refractivity contribution in [2.24, 2.45) is 5.92 Å². The molecule has 3 fully saturated rings. The number of imide groups is 2. The fraction of sp³-hybridized carbons (Fsp3) is 0.524. The third kappa shape index (κ3) is 3.41. The van der Waals surface area contributed by atoms with E-state index in [4.69, 9.17) is 0 Å². The Bertz CT molecular complexity index is 792. The molecule has 5 amide bonds. The van der Waals surface area contributed by atoms with Crippen molar-refractivity contribution in [1.29, 1.82) is 0 Å². The summed E-state index contributed by atoms with van der Waals surface area (Å²) in [5.41, 5.74) is 0.756. The number of rotatable bonds is 4. The summed E-state index contributed by atoms with van der Waals surface area (Å²) >= 11 is 0. The molecule has 7 nitrogen and oxygen atoms in total. The molecule has 3 aliphatic rings. The van der Waals surface area contributed by atoms with Crippen LogP contribution in [0.15, 0.2) is 30.3 Å². The Hall–Kier alpha value is -2.70. The highest BCUT2D eigenvalue weighted by Gasteiger charge is 2.46. The molecule has 1 aromatic rings. The lowest BCUT2D eigenvalue weighted by molar-refractivity contribution is -0.146. The van der Waals surface area contributed by atoms with E-state index < -0.39 is 17.8 Å². The summed E-state index contributed by atoms with van der Waals surface area (Å²) in [6, 6.07) is 8.53. The number of piperidine rings is 1. The Kier molecular flexibility index (Phi) is 5.15. The third-order valence-electron chi connectivity index (χ3n) is 6.18. The van der Waals surface area contributed by atoms with Gasteiger partial charge in [-0.25, -0.2) is 9.69 Å². The highest BCUT2D eigenvalue weighted by atomic mass is 16.2. The Balaban J connectivity index is 1.45. The number of carbonyl (C=O) groups is 4. The Morgan fingerprint density at radius 2 is 1.57 bits per heavy atom. The average Bonchev–Trinajstić information content (AvgIpc) is 2.92. The molecule has 2 heterocycles. The fourth-order valence-corrected chi connectivity index (χ4v) is 4.76. The second kappa shape index (κ2) is 7.73. The molecule has 148 valence electrons. The first kappa shape index (κ1) is 18.7. The Labute approximate surface area is 164 Å². The van der Waals surface area contributed by atoms with Crippen LogP contribution >= 0.6 is 0 Å². The fourth-order valence-electron chi connectivity index (χ4n) is 4.76. The highest BCUT2D eigenvalue weighted by molar-refractivity contribution is 6.44. The molecule has 0 unspecified atom stereocenters. The van der Waals surface area contributed by atoms with Gasteiger partial charge in [0.1, 0.15) is 6.54 Å². The zero-order chi connectivity index (χ0) is 19.7. The van der Waals surface area contributed by atoms with Gasteiger partial charge in [-0.3, -0.25) is 19.3 Å². The van der Waals surface area contributed by atoms with Gasteiger partial charge in [-0.2, -0.15) is 0 Å². The number of hydrogen-bond donors (Lipinski definition) is 0. The lowest BCUT2D eigenvalue weighted by Gasteiger charge is -2.44. The zero-order valence-corrected chi connectivity index (χ0v) is 15.9. The molecule has 7 heteroatoms. The number of fused-ring (bicyclic) bond motifs is 1. The maximum absolute atomic E-state index is 12.9. The van der Waals surface area contributed by atoms with E-state index >= 15 is 0 Å². The number of urea groups is 1. The highest BCUT2D eigenvalue weighted by Crippen LogP contribution is 2.35. The van der Waals surface area contributed by atoms with Gasteiger partial charge in [0.2, 0.25) is 5.91 Å². The van der Waals surface area contributed by atoms with Crippen molar-refractivity contribution >= 4 is 23.8 Å². The Morgan fingerprint density at radius 3 is 2.36 bits per heavy atom. The summed E-state index contributed by atoms with van der Waals surface area (Å²) in [4.78, 5) is 53.8. The van der Waals surface area contributed by atoms with Crippen molar-refractivity contribution in [3.05, 3.63) is 35.9 Å². The van der Waals surface area contributed by atoms with Crippen molar-refractivity contribution in [1.82, 2.24) is 14.7 Å². The van der Waals surface area contributed by atoms with Crippen molar-refractivity contribution in [2.75, 3.05) is 13.1 Å². The molecule has 28 heavy (non-hydrogen) atoms. The maximum atomic E-state index is 12.9. The molecule has 2 saturated heterocycles. The molecule has 0 spiro atoms. The number of benzene rings is 1. The van der Waals surface area contributed by atoms with E-state index in [0.717, 1.165) is 47.5 Å². The summed E-state index contributed by atoms with van der Waals surface area (Å²) < 4.78 is 0. The number of amides is 5. The van der Waals surface area contributed by atoms with Crippen LogP contribution in [-0.4, -0.2) is 57.6 Å². The van der Waals surface area contributed by atoms with Crippen LogP contribution in [0.25, 0.3) is 0 Å². The van der Waals surface area contributed by atoms with Crippen LogP contribution in [0.4, 0.5) is 4.79 Å². The minimum atomic E-state index is -0.911. The molecular weight excluding hydrogens is 358 g/mol. The van der Waals surface area contributed by atoms with Crippen LogP contribution in [0, 0.1) is 5.92 Å². The largest absolute Gasteiger partial charge is 0.338 e. The first-order valence-electron chi connectivity index (χ1n) is 10.1. The van der Waals surface area contributed by atoms with Crippen molar-refractivity contribution in [3.8, 4) is 0 Å². The van der Waals surface area contributed by atoms with Gasteiger partial charge in [-0.15, -0.1) is 0 Å². The summed E-state index contributed by atoms with van der Waals surface area (Å²) in [5, 5.41) is 0. The average molecular weight is 383 g/mol. The molecule has 1 aliphatic carbocycles. The van der Waals surface area contributed by atoms with Crippen molar-refractivity contribution < 1.29 is 19.2 Å². The lowest BCUT2D eigenvalue weighted by atomic mass is 9.78. The van der Waals surface area contributed by atoms with Gasteiger partial charge in [0, 0.05) is 12.6 Å². The molecule has 0 bridgehead atoms. The minimum Gasteiger partial charge on any atom is -0.338 e. The SMILES string of the molecule is O=C1C(=O)N(Cc2ccccc2)C(=O)N1CC(=O)N1CCC[C@H]2CCCC[C@@H]21. The quantitative estimate of drug-likeness (QED) is 0.590. The van der Waals surface area contributed by atoms with Crippen molar-refractivity contribution in [3.63, 3.8) is 0 Å². The predicted octanol–water partition coefficient (Wildman–Crippen LogP) is 2.16. The summed E-state index contributed by atoms with van der Waals surface area (Å²) in [5.74, 6) is -1.48. The van der Waals surface area contributed by atoms with Gasteiger partial charge in [-0.05, 0) is 37.2 Å². The van der Waals surface area contributed by atoms with Gasteiger partial charge in [-0.1, -0.05) is 43.2 Å². The van der Waals surface area contributed by atoms with E-state index in [0.29, 0.717) is 12.5 Å². The van der Waals surface area contributed by atoms with E-state index in [9.17, 15) is 19.2 Å². The molecule has 2 atom stereocenters. The van der Waals surface area contributed by atoms with Crippen LogP contribution in [0.2, 0.25) is 0 Å². The minimum absolute atomic E-state index is 0.0311. The van der Waals surface area contributed by atoms with Crippen LogP contribution < -0.4 is 0 Å². The standard InChI is InChI=1S/C21H25N3O4/c25-18(22-12-6-10-16-9-4-5-11-17(16)22)14-24-20(27)19(26)23(21(24)28)13-15-7-2-1-3-8-15/h1-3,7-8,16-17H,4-6,9-14H2/t16-,17+/m1/s1. The van der Waals surface area contributed by atoms with E-state index in [2.05, 4.69) is 0 Å². The molecule has 1 saturated carbocycles. The van der Waals surface area contributed by atoms with E-state index in [1.54, 1.807) is 24.3 Å². The van der Waals surface area contributed by atoms with Crippen LogP contribution in [-0.2, 0) is 20.9 Å². The van der Waals surface area contributed by atoms with E-state index in [1.165, 1.54) is 6.42 Å². The third-order valence-corrected chi connectivity index (χ3v) is 6.18. The van der Waals surface area contributed by atoms with Crippen LogP contribution in [0.1, 0.15) is 44.1 Å². The number of carbonyl (C=O) groups excluding carboxylic acids is 4. The van der Waals surface area contributed by atoms with Gasteiger partial charge in [0.05, 0.1) is 6.54 Å². The smallest absolute Gasteiger partial charge is 0.335 e. The second-order valence-corrected chi connectivity index (χ2v) is 7.89. The van der Waals surface area contributed by atoms with Crippen molar-refractivity contribution in [2.45, 2.75) is 51.1 Å². The van der Waals surface area contributed by atoms with Gasteiger partial charge >= 0.3 is 17.8 Å². The molecular formula is C21H25N3O4. The number of hydrogen-bond acceptors (Lipinski definition) is 4. The summed E-state index contributed by atoms with van der Waals surface area (Å²) in [6.07, 6.45) is 6.52. The number of likely N-dealkylation sites (tertiary alicyclic amines) is 1. The maximum Gasteiger partial charge on any atom is 0.335 e. The molecule has 1 aromatic carbocycles. The topological polar surface area (TPSA) is 78.0 Å². The summed E-state index contributed by atoms with van der Waals surface area (Å²) in [7, 11) is 0.